The highest BCUT2D eigenvalue weighted by Gasteiger charge is 2.20. The standard InChI is InChI=1S/C17H27NO2/c1-6-8-14(5)18-17(19)15(7-2)20-16-11-12(3)9-10-13(16)4/h9-11,14-15H,6-8H2,1-5H3,(H,18,19)/t14-,15+/m0/s1. The molecule has 1 aromatic rings. The summed E-state index contributed by atoms with van der Waals surface area (Å²) in [4.78, 5) is 12.2. The molecule has 0 heterocycles. The Kier molecular flexibility index (Phi) is 6.56. The molecule has 0 fully saturated rings. The van der Waals surface area contributed by atoms with Gasteiger partial charge in [0.15, 0.2) is 6.10 Å². The number of nitrogens with one attached hydrogen (secondary N) is 1. The van der Waals surface area contributed by atoms with Crippen molar-refractivity contribution in [2.75, 3.05) is 0 Å². The molecule has 1 amide bonds. The van der Waals surface area contributed by atoms with Gasteiger partial charge in [-0.05, 0) is 50.8 Å². The summed E-state index contributed by atoms with van der Waals surface area (Å²) >= 11 is 0. The number of carbonyl (C=O) groups excluding carboxylic acids is 1. The van der Waals surface area contributed by atoms with Gasteiger partial charge >= 0.3 is 0 Å². The molecule has 1 N–H and O–H groups in total. The molecule has 0 aliphatic carbocycles. The zero-order valence-corrected chi connectivity index (χ0v) is 13.3. The first-order valence-electron chi connectivity index (χ1n) is 7.52. The van der Waals surface area contributed by atoms with E-state index in [4.69, 9.17) is 4.74 Å². The van der Waals surface area contributed by atoms with E-state index in [1.54, 1.807) is 0 Å². The van der Waals surface area contributed by atoms with Crippen LogP contribution in [0.1, 0.15) is 51.2 Å². The molecule has 1 rings (SSSR count). The van der Waals surface area contributed by atoms with Crippen LogP contribution >= 0.6 is 0 Å². The maximum absolute atomic E-state index is 12.2. The van der Waals surface area contributed by atoms with Crippen molar-refractivity contribution in [2.24, 2.45) is 0 Å². The Hall–Kier alpha value is -1.51. The first kappa shape index (κ1) is 16.5. The average molecular weight is 277 g/mol. The van der Waals surface area contributed by atoms with Crippen molar-refractivity contribution in [1.82, 2.24) is 5.32 Å². The van der Waals surface area contributed by atoms with Crippen LogP contribution in [0.3, 0.4) is 0 Å². The van der Waals surface area contributed by atoms with E-state index in [1.165, 1.54) is 0 Å². The minimum absolute atomic E-state index is 0.0191. The van der Waals surface area contributed by atoms with Gasteiger partial charge in [0, 0.05) is 6.04 Å². The van der Waals surface area contributed by atoms with Gasteiger partial charge in [-0.25, -0.2) is 0 Å². The van der Waals surface area contributed by atoms with E-state index in [9.17, 15) is 4.79 Å². The Balaban J connectivity index is 2.71. The predicted octanol–water partition coefficient (Wildman–Crippen LogP) is 3.77. The van der Waals surface area contributed by atoms with E-state index in [0.29, 0.717) is 6.42 Å². The third-order valence-electron chi connectivity index (χ3n) is 3.39. The molecule has 0 bridgehead atoms. The summed E-state index contributed by atoms with van der Waals surface area (Å²) in [6.45, 7) is 10.1. The largest absolute Gasteiger partial charge is 0.480 e. The second-order valence-electron chi connectivity index (χ2n) is 5.48. The predicted molar refractivity (Wildman–Crippen MR) is 83.1 cm³/mol. The summed E-state index contributed by atoms with van der Waals surface area (Å²) < 4.78 is 5.90. The fourth-order valence-corrected chi connectivity index (χ4v) is 2.15. The molecule has 0 saturated heterocycles. The molecule has 2 atom stereocenters. The minimum atomic E-state index is -0.421. The topological polar surface area (TPSA) is 38.3 Å². The summed E-state index contributed by atoms with van der Waals surface area (Å²) in [5.74, 6) is 0.782. The highest BCUT2D eigenvalue weighted by molar-refractivity contribution is 5.81. The minimum Gasteiger partial charge on any atom is -0.480 e. The molecule has 0 saturated carbocycles. The number of ether oxygens (including phenoxy) is 1. The maximum atomic E-state index is 12.2. The molecule has 3 heteroatoms. The zero-order valence-electron chi connectivity index (χ0n) is 13.3. The third kappa shape index (κ3) is 4.87. The Morgan fingerprint density at radius 2 is 2.00 bits per heavy atom. The van der Waals surface area contributed by atoms with Crippen LogP contribution in [0.15, 0.2) is 18.2 Å². The SMILES string of the molecule is CCC[C@H](C)NC(=O)[C@@H](CC)Oc1cc(C)ccc1C. The van der Waals surface area contributed by atoms with E-state index in [2.05, 4.69) is 12.2 Å². The zero-order chi connectivity index (χ0) is 15.1. The number of benzene rings is 1. The second kappa shape index (κ2) is 7.93. The number of hydrogen-bond donors (Lipinski definition) is 1. The third-order valence-corrected chi connectivity index (χ3v) is 3.39. The van der Waals surface area contributed by atoms with Crippen LogP contribution in [0.2, 0.25) is 0 Å². The molecular weight excluding hydrogens is 250 g/mol. The van der Waals surface area contributed by atoms with Crippen LogP contribution in [0.5, 0.6) is 5.75 Å². The van der Waals surface area contributed by atoms with Crippen molar-refractivity contribution < 1.29 is 9.53 Å². The lowest BCUT2D eigenvalue weighted by atomic mass is 10.1. The Morgan fingerprint density at radius 3 is 2.60 bits per heavy atom. The first-order chi connectivity index (χ1) is 9.47. The average Bonchev–Trinajstić information content (AvgIpc) is 2.39. The van der Waals surface area contributed by atoms with Gasteiger partial charge in [0.1, 0.15) is 5.75 Å². The second-order valence-corrected chi connectivity index (χ2v) is 5.48. The normalized spacial score (nSPS) is 13.7. The van der Waals surface area contributed by atoms with Gasteiger partial charge in [-0.15, -0.1) is 0 Å². The summed E-state index contributed by atoms with van der Waals surface area (Å²) in [5, 5.41) is 3.02. The van der Waals surface area contributed by atoms with Gasteiger partial charge < -0.3 is 10.1 Å². The van der Waals surface area contributed by atoms with Crippen LogP contribution in [0.4, 0.5) is 0 Å². The lowest BCUT2D eigenvalue weighted by Gasteiger charge is -2.21. The molecule has 20 heavy (non-hydrogen) atoms. The summed E-state index contributed by atoms with van der Waals surface area (Å²) in [5.41, 5.74) is 2.20. The van der Waals surface area contributed by atoms with Gasteiger partial charge in [0.2, 0.25) is 0 Å². The summed E-state index contributed by atoms with van der Waals surface area (Å²) in [7, 11) is 0. The molecule has 0 aromatic heterocycles. The van der Waals surface area contributed by atoms with Crippen LogP contribution in [0.25, 0.3) is 0 Å². The molecule has 0 spiro atoms. The van der Waals surface area contributed by atoms with Crippen LogP contribution in [-0.2, 0) is 4.79 Å². The lowest BCUT2D eigenvalue weighted by Crippen LogP contribution is -2.42. The van der Waals surface area contributed by atoms with Crippen LogP contribution < -0.4 is 10.1 Å². The molecule has 0 radical (unpaired) electrons. The van der Waals surface area contributed by atoms with E-state index in [0.717, 1.165) is 29.7 Å². The number of rotatable bonds is 7. The number of carbonyl (C=O) groups is 1. The van der Waals surface area contributed by atoms with Crippen molar-refractivity contribution in [2.45, 2.75) is 66.0 Å². The summed E-state index contributed by atoms with van der Waals surface area (Å²) in [6.07, 6.45) is 2.30. The molecule has 0 aliphatic heterocycles. The quantitative estimate of drug-likeness (QED) is 0.824. The number of amides is 1. The van der Waals surface area contributed by atoms with Gasteiger partial charge in [-0.2, -0.15) is 0 Å². The van der Waals surface area contributed by atoms with Crippen molar-refractivity contribution in [3.8, 4) is 5.75 Å². The van der Waals surface area contributed by atoms with E-state index in [-0.39, 0.29) is 11.9 Å². The first-order valence-corrected chi connectivity index (χ1v) is 7.52. The molecule has 1 aromatic carbocycles. The molecule has 0 unspecified atom stereocenters. The molecular formula is C17H27NO2. The highest BCUT2D eigenvalue weighted by Crippen LogP contribution is 2.21. The van der Waals surface area contributed by atoms with E-state index >= 15 is 0 Å². The van der Waals surface area contributed by atoms with Crippen molar-refractivity contribution in [3.05, 3.63) is 29.3 Å². The smallest absolute Gasteiger partial charge is 0.261 e. The Bertz CT molecular complexity index is 443. The molecule has 112 valence electrons. The fraction of sp³-hybridized carbons (Fsp3) is 0.588. The van der Waals surface area contributed by atoms with Crippen molar-refractivity contribution >= 4 is 5.91 Å². The van der Waals surface area contributed by atoms with Crippen LogP contribution in [-0.4, -0.2) is 18.1 Å². The highest BCUT2D eigenvalue weighted by atomic mass is 16.5. The number of hydrogen-bond acceptors (Lipinski definition) is 2. The van der Waals surface area contributed by atoms with Gasteiger partial charge in [-0.3, -0.25) is 4.79 Å². The Labute approximate surface area is 122 Å². The monoisotopic (exact) mass is 277 g/mol. The maximum Gasteiger partial charge on any atom is 0.261 e. The Morgan fingerprint density at radius 1 is 1.30 bits per heavy atom. The van der Waals surface area contributed by atoms with Gasteiger partial charge in [0.05, 0.1) is 0 Å². The van der Waals surface area contributed by atoms with Gasteiger partial charge in [0.25, 0.3) is 5.91 Å². The fourth-order valence-electron chi connectivity index (χ4n) is 2.15. The van der Waals surface area contributed by atoms with Crippen LogP contribution in [0, 0.1) is 13.8 Å². The van der Waals surface area contributed by atoms with E-state index in [1.807, 2.05) is 45.9 Å². The van der Waals surface area contributed by atoms with Gasteiger partial charge in [-0.1, -0.05) is 32.4 Å². The van der Waals surface area contributed by atoms with Crippen molar-refractivity contribution in [1.29, 1.82) is 0 Å². The van der Waals surface area contributed by atoms with E-state index < -0.39 is 6.10 Å². The van der Waals surface area contributed by atoms with Crippen molar-refractivity contribution in [3.63, 3.8) is 0 Å². The lowest BCUT2D eigenvalue weighted by molar-refractivity contribution is -0.128. The molecule has 3 nitrogen and oxygen atoms in total. The summed E-state index contributed by atoms with van der Waals surface area (Å²) in [6, 6.07) is 6.26. The molecule has 0 aliphatic rings. The number of aryl methyl sites for hydroxylation is 2.